The number of fused-ring (bicyclic) bond motifs is 1. The van der Waals surface area contributed by atoms with Gasteiger partial charge in [0.05, 0.1) is 11.2 Å². The summed E-state index contributed by atoms with van der Waals surface area (Å²) in [5, 5.41) is 4.71. The molecule has 0 aromatic carbocycles. The van der Waals surface area contributed by atoms with Gasteiger partial charge in [-0.05, 0) is 53.5 Å². The summed E-state index contributed by atoms with van der Waals surface area (Å²) in [6, 6.07) is 6.39. The van der Waals surface area contributed by atoms with Gasteiger partial charge in [-0.25, -0.2) is 4.52 Å². The van der Waals surface area contributed by atoms with E-state index in [4.69, 9.17) is 5.10 Å². The Labute approximate surface area is 110 Å². The van der Waals surface area contributed by atoms with Gasteiger partial charge in [0.25, 0.3) is 0 Å². The number of hydrogen-bond acceptors (Lipinski definition) is 1. The largest absolute Gasteiger partial charge is 0.227 e. The molecular formula is C13H17IN2. The smallest absolute Gasteiger partial charge is 0.103 e. The Hall–Kier alpha value is -0.580. The number of rotatable bonds is 3. The average Bonchev–Trinajstić information content (AvgIpc) is 2.68. The first kappa shape index (κ1) is 11.9. The Morgan fingerprint density at radius 1 is 1.38 bits per heavy atom. The van der Waals surface area contributed by atoms with Crippen LogP contribution in [0.2, 0.25) is 0 Å². The third-order valence-corrected chi connectivity index (χ3v) is 3.98. The molecule has 2 aromatic rings. The van der Waals surface area contributed by atoms with Gasteiger partial charge in [-0.2, -0.15) is 5.10 Å². The van der Waals surface area contributed by atoms with Crippen LogP contribution in [0.15, 0.2) is 18.2 Å². The fraction of sp³-hybridized carbons (Fsp3) is 0.462. The second-order valence-electron chi connectivity index (χ2n) is 4.17. The molecule has 0 spiro atoms. The van der Waals surface area contributed by atoms with Crippen molar-refractivity contribution in [1.29, 1.82) is 0 Å². The molecule has 0 N–H and O–H groups in total. The summed E-state index contributed by atoms with van der Waals surface area (Å²) < 4.78 is 3.25. The van der Waals surface area contributed by atoms with Crippen LogP contribution < -0.4 is 0 Å². The Morgan fingerprint density at radius 3 is 2.75 bits per heavy atom. The molecule has 2 heterocycles. The van der Waals surface area contributed by atoms with Gasteiger partial charge in [-0.1, -0.05) is 26.8 Å². The summed E-state index contributed by atoms with van der Waals surface area (Å²) in [6.45, 7) is 6.71. The van der Waals surface area contributed by atoms with Gasteiger partial charge in [0, 0.05) is 5.56 Å². The number of aromatic nitrogens is 2. The van der Waals surface area contributed by atoms with Crippen LogP contribution in [0.5, 0.6) is 0 Å². The zero-order chi connectivity index (χ0) is 11.7. The number of hydrogen-bond donors (Lipinski definition) is 0. The molecule has 2 rings (SSSR count). The number of nitrogens with zero attached hydrogens (tertiary/aromatic N) is 2. The number of halogens is 1. The predicted molar refractivity (Wildman–Crippen MR) is 76.0 cm³/mol. The van der Waals surface area contributed by atoms with Crippen LogP contribution in [0, 0.1) is 3.70 Å². The quantitative estimate of drug-likeness (QED) is 0.615. The molecule has 0 aliphatic carbocycles. The fourth-order valence-corrected chi connectivity index (χ4v) is 2.68. The highest BCUT2D eigenvalue weighted by Gasteiger charge is 2.16. The molecule has 3 heteroatoms. The highest BCUT2D eigenvalue weighted by atomic mass is 127. The van der Waals surface area contributed by atoms with Crippen LogP contribution in [0.4, 0.5) is 0 Å². The molecular weight excluding hydrogens is 311 g/mol. The lowest BCUT2D eigenvalue weighted by Crippen LogP contribution is -1.95. The number of pyridine rings is 1. The molecule has 1 atom stereocenters. The van der Waals surface area contributed by atoms with Crippen molar-refractivity contribution in [2.75, 3.05) is 0 Å². The normalized spacial score (nSPS) is 13.2. The molecule has 0 fully saturated rings. The van der Waals surface area contributed by atoms with Gasteiger partial charge in [0.2, 0.25) is 0 Å². The Balaban J connectivity index is 2.73. The summed E-state index contributed by atoms with van der Waals surface area (Å²) in [5.74, 6) is 0.589. The second-order valence-corrected chi connectivity index (χ2v) is 5.27. The first-order valence-corrected chi connectivity index (χ1v) is 6.92. The number of aryl methyl sites for hydroxylation is 1. The molecule has 2 nitrogen and oxygen atoms in total. The molecule has 0 amide bonds. The summed E-state index contributed by atoms with van der Waals surface area (Å²) in [7, 11) is 0. The van der Waals surface area contributed by atoms with Crippen molar-refractivity contribution >= 4 is 28.1 Å². The van der Waals surface area contributed by atoms with Gasteiger partial charge in [-0.15, -0.1) is 0 Å². The van der Waals surface area contributed by atoms with Gasteiger partial charge >= 0.3 is 0 Å². The van der Waals surface area contributed by atoms with Gasteiger partial charge < -0.3 is 0 Å². The molecule has 0 saturated carbocycles. The minimum absolute atomic E-state index is 0.589. The highest BCUT2D eigenvalue weighted by Crippen LogP contribution is 2.28. The minimum Gasteiger partial charge on any atom is -0.227 e. The van der Waals surface area contributed by atoms with E-state index in [-0.39, 0.29) is 0 Å². The standard InChI is InChI=1S/C13H17IN2/c1-4-9(3)13-10(5-2)15-16-11(13)7-6-8-12(16)14/h6-9H,4-5H2,1-3H3. The van der Waals surface area contributed by atoms with Crippen molar-refractivity contribution in [2.45, 2.75) is 39.5 Å². The maximum Gasteiger partial charge on any atom is 0.103 e. The maximum atomic E-state index is 4.71. The van der Waals surface area contributed by atoms with E-state index in [0.717, 1.165) is 6.42 Å². The SMILES string of the molecule is CCc1nn2c(I)cccc2c1C(C)CC. The zero-order valence-electron chi connectivity index (χ0n) is 10.00. The van der Waals surface area contributed by atoms with Crippen molar-refractivity contribution in [2.24, 2.45) is 0 Å². The van der Waals surface area contributed by atoms with Crippen LogP contribution in [-0.4, -0.2) is 9.61 Å². The van der Waals surface area contributed by atoms with Crippen molar-refractivity contribution in [3.63, 3.8) is 0 Å². The highest BCUT2D eigenvalue weighted by molar-refractivity contribution is 14.1. The van der Waals surface area contributed by atoms with E-state index in [0.29, 0.717) is 5.92 Å². The maximum absolute atomic E-state index is 4.71. The van der Waals surface area contributed by atoms with Gasteiger partial charge in [0.15, 0.2) is 0 Å². The first-order valence-electron chi connectivity index (χ1n) is 5.85. The van der Waals surface area contributed by atoms with E-state index < -0.39 is 0 Å². The van der Waals surface area contributed by atoms with Crippen molar-refractivity contribution in [1.82, 2.24) is 9.61 Å². The molecule has 2 aromatic heterocycles. The van der Waals surface area contributed by atoms with Gasteiger partial charge in [-0.3, -0.25) is 0 Å². The van der Waals surface area contributed by atoms with Crippen LogP contribution in [0.3, 0.4) is 0 Å². The molecule has 0 bridgehead atoms. The summed E-state index contributed by atoms with van der Waals surface area (Å²) >= 11 is 2.34. The molecule has 0 aliphatic rings. The van der Waals surface area contributed by atoms with E-state index in [1.165, 1.54) is 26.9 Å². The van der Waals surface area contributed by atoms with Crippen molar-refractivity contribution < 1.29 is 0 Å². The third-order valence-electron chi connectivity index (χ3n) is 3.17. The van der Waals surface area contributed by atoms with E-state index in [2.05, 4.69) is 66.1 Å². The monoisotopic (exact) mass is 328 g/mol. The summed E-state index contributed by atoms with van der Waals surface area (Å²) in [4.78, 5) is 0. The van der Waals surface area contributed by atoms with E-state index in [9.17, 15) is 0 Å². The summed E-state index contributed by atoms with van der Waals surface area (Å²) in [6.07, 6.45) is 2.18. The lowest BCUT2D eigenvalue weighted by Gasteiger charge is -2.08. The lowest BCUT2D eigenvalue weighted by atomic mass is 9.96. The molecule has 1 unspecified atom stereocenters. The van der Waals surface area contributed by atoms with E-state index in [1.54, 1.807) is 0 Å². The molecule has 86 valence electrons. The lowest BCUT2D eigenvalue weighted by molar-refractivity contribution is 0.727. The van der Waals surface area contributed by atoms with Crippen LogP contribution in [-0.2, 0) is 6.42 Å². The molecule has 0 radical (unpaired) electrons. The van der Waals surface area contributed by atoms with E-state index >= 15 is 0 Å². The molecule has 16 heavy (non-hydrogen) atoms. The van der Waals surface area contributed by atoms with E-state index in [1.807, 2.05) is 0 Å². The van der Waals surface area contributed by atoms with Crippen molar-refractivity contribution in [3.05, 3.63) is 33.2 Å². The van der Waals surface area contributed by atoms with Crippen LogP contribution in [0.25, 0.3) is 5.52 Å². The zero-order valence-corrected chi connectivity index (χ0v) is 12.2. The molecule has 0 saturated heterocycles. The molecule has 0 aliphatic heterocycles. The van der Waals surface area contributed by atoms with Crippen LogP contribution in [0.1, 0.15) is 44.4 Å². The average molecular weight is 328 g/mol. The fourth-order valence-electron chi connectivity index (χ4n) is 2.11. The topological polar surface area (TPSA) is 17.3 Å². The summed E-state index contributed by atoms with van der Waals surface area (Å²) in [5.41, 5.74) is 3.96. The first-order chi connectivity index (χ1) is 7.69. The second kappa shape index (κ2) is 4.73. The van der Waals surface area contributed by atoms with Crippen molar-refractivity contribution in [3.8, 4) is 0 Å². The Kier molecular flexibility index (Phi) is 3.52. The third kappa shape index (κ3) is 1.85. The minimum atomic E-state index is 0.589. The predicted octanol–water partition coefficient (Wildman–Crippen LogP) is 4.01. The Bertz CT molecular complexity index is 502. The van der Waals surface area contributed by atoms with Gasteiger partial charge in [0.1, 0.15) is 3.70 Å². The van der Waals surface area contributed by atoms with Crippen LogP contribution >= 0.6 is 22.6 Å². The Morgan fingerprint density at radius 2 is 2.12 bits per heavy atom.